The van der Waals surface area contributed by atoms with Gasteiger partial charge in [-0.3, -0.25) is 9.69 Å². The quantitative estimate of drug-likeness (QED) is 0.546. The number of aryl methyl sites for hydroxylation is 2. The summed E-state index contributed by atoms with van der Waals surface area (Å²) in [4.78, 5) is 19.6. The smallest absolute Gasteiger partial charge is 0.274 e. The maximum absolute atomic E-state index is 13.1. The van der Waals surface area contributed by atoms with Crippen LogP contribution in [0.5, 0.6) is 5.75 Å². The Kier molecular flexibility index (Phi) is 6.21. The summed E-state index contributed by atoms with van der Waals surface area (Å²) in [5.41, 5.74) is 1.01. The van der Waals surface area contributed by atoms with Crippen LogP contribution in [0, 0.1) is 6.92 Å². The fourth-order valence-corrected chi connectivity index (χ4v) is 4.11. The number of nitrogens with zero attached hydrogens (tertiary/aromatic N) is 9. The molecule has 0 saturated carbocycles. The number of carbonyl (C=O) groups excluding carboxylic acids is 1. The minimum absolute atomic E-state index is 0.190. The number of amides is 1. The zero-order valence-electron chi connectivity index (χ0n) is 18.4. The van der Waals surface area contributed by atoms with Crippen molar-refractivity contribution >= 4 is 5.91 Å². The van der Waals surface area contributed by atoms with E-state index in [9.17, 15) is 4.79 Å². The lowest BCUT2D eigenvalue weighted by molar-refractivity contribution is 0.0294. The first kappa shape index (κ1) is 21.4. The van der Waals surface area contributed by atoms with E-state index in [4.69, 9.17) is 9.47 Å². The fourth-order valence-electron chi connectivity index (χ4n) is 4.11. The van der Waals surface area contributed by atoms with Crippen molar-refractivity contribution in [2.24, 2.45) is 0 Å². The van der Waals surface area contributed by atoms with Crippen molar-refractivity contribution in [3.8, 4) is 5.75 Å². The maximum Gasteiger partial charge on any atom is 0.274 e. The summed E-state index contributed by atoms with van der Waals surface area (Å²) in [6, 6.07) is 3.30. The van der Waals surface area contributed by atoms with E-state index >= 15 is 0 Å². The van der Waals surface area contributed by atoms with Gasteiger partial charge < -0.3 is 14.8 Å². The Morgan fingerprint density at radius 1 is 1.21 bits per heavy atom. The molecule has 3 aromatic rings. The van der Waals surface area contributed by atoms with Gasteiger partial charge in [0, 0.05) is 32.4 Å². The van der Waals surface area contributed by atoms with Crippen molar-refractivity contribution in [1.29, 1.82) is 0 Å². The minimum Gasteiger partial charge on any atom is -0.489 e. The minimum atomic E-state index is -0.274. The molecule has 2 aliphatic heterocycles. The van der Waals surface area contributed by atoms with Gasteiger partial charge in [-0.25, -0.2) is 14.3 Å². The second kappa shape index (κ2) is 9.58. The highest BCUT2D eigenvalue weighted by molar-refractivity contribution is 5.95. The van der Waals surface area contributed by atoms with Crippen LogP contribution < -0.4 is 10.1 Å². The fraction of sp³-hybridized carbons (Fsp3) is 0.550. The molecule has 0 radical (unpaired) electrons. The molecule has 0 aliphatic carbocycles. The van der Waals surface area contributed by atoms with Crippen molar-refractivity contribution in [1.82, 2.24) is 50.4 Å². The van der Waals surface area contributed by atoms with E-state index in [-0.39, 0.29) is 23.7 Å². The van der Waals surface area contributed by atoms with E-state index in [1.165, 1.54) is 0 Å². The standard InChI is InChI=1S/C20H26N10O3/c1-14-23-25-27-30(14)7-3-6-28-11-16-18(12-28)33-13-15-10-29(26-24-15)8-9-32-17-4-2-5-21-19(17)20(31)22-16/h2,4-5,10,16,18H,3,6-9,11-13H2,1H3,(H,22,31)/t16-,18-/m0/s1. The summed E-state index contributed by atoms with van der Waals surface area (Å²) < 4.78 is 15.5. The molecule has 2 aliphatic rings. The molecule has 5 heterocycles. The van der Waals surface area contributed by atoms with Crippen LogP contribution in [0.1, 0.15) is 28.4 Å². The molecule has 1 saturated heterocycles. The highest BCUT2D eigenvalue weighted by Gasteiger charge is 2.35. The van der Waals surface area contributed by atoms with Crippen LogP contribution in [0.15, 0.2) is 24.5 Å². The van der Waals surface area contributed by atoms with Gasteiger partial charge in [0.1, 0.15) is 18.1 Å². The van der Waals surface area contributed by atoms with Gasteiger partial charge >= 0.3 is 0 Å². The molecule has 5 rings (SSSR count). The largest absolute Gasteiger partial charge is 0.489 e. The predicted octanol–water partition coefficient (Wildman–Crippen LogP) is -0.550. The highest BCUT2D eigenvalue weighted by Crippen LogP contribution is 2.20. The predicted molar refractivity (Wildman–Crippen MR) is 113 cm³/mol. The lowest BCUT2D eigenvalue weighted by atomic mass is 10.2. The van der Waals surface area contributed by atoms with Crippen LogP contribution in [0.2, 0.25) is 0 Å². The van der Waals surface area contributed by atoms with Gasteiger partial charge in [-0.05, 0) is 35.9 Å². The van der Waals surface area contributed by atoms with Gasteiger partial charge in [-0.15, -0.1) is 10.2 Å². The highest BCUT2D eigenvalue weighted by atomic mass is 16.5. The number of ether oxygens (including phenoxy) is 2. The molecule has 1 amide bonds. The van der Waals surface area contributed by atoms with Crippen molar-refractivity contribution in [2.45, 2.75) is 45.2 Å². The van der Waals surface area contributed by atoms with Gasteiger partial charge in [0.25, 0.3) is 5.91 Å². The lowest BCUT2D eigenvalue weighted by Crippen LogP contribution is -2.44. The normalized spacial score (nSPS) is 21.5. The molecule has 2 bridgehead atoms. The van der Waals surface area contributed by atoms with Crippen LogP contribution in [-0.2, 0) is 24.4 Å². The van der Waals surface area contributed by atoms with Crippen LogP contribution in [0.4, 0.5) is 0 Å². The first-order valence-corrected chi connectivity index (χ1v) is 11.0. The Hall–Kier alpha value is -3.45. The second-order valence-electron chi connectivity index (χ2n) is 8.16. The first-order valence-electron chi connectivity index (χ1n) is 11.0. The number of hydrogen-bond donors (Lipinski definition) is 1. The number of likely N-dealkylation sites (tertiary alicyclic amines) is 1. The van der Waals surface area contributed by atoms with E-state index in [0.717, 1.165) is 31.0 Å². The second-order valence-corrected chi connectivity index (χ2v) is 8.16. The van der Waals surface area contributed by atoms with Gasteiger partial charge in [-0.2, -0.15) is 0 Å². The monoisotopic (exact) mass is 454 g/mol. The Balaban J connectivity index is 1.30. The summed E-state index contributed by atoms with van der Waals surface area (Å²) in [5.74, 6) is 0.961. The third-order valence-corrected chi connectivity index (χ3v) is 5.81. The van der Waals surface area contributed by atoms with Crippen LogP contribution >= 0.6 is 0 Å². The lowest BCUT2D eigenvalue weighted by Gasteiger charge is -2.20. The van der Waals surface area contributed by atoms with Gasteiger partial charge in [0.2, 0.25) is 0 Å². The number of hydrogen-bond acceptors (Lipinski definition) is 10. The van der Waals surface area contributed by atoms with Gasteiger partial charge in [-0.1, -0.05) is 5.21 Å². The van der Waals surface area contributed by atoms with Gasteiger partial charge in [0.15, 0.2) is 11.4 Å². The molecule has 0 unspecified atom stereocenters. The first-order chi connectivity index (χ1) is 16.2. The molecule has 1 fully saturated rings. The summed E-state index contributed by atoms with van der Waals surface area (Å²) in [6.45, 7) is 5.98. The molecule has 2 atom stereocenters. The Bertz CT molecular complexity index is 1100. The number of rotatable bonds is 4. The number of nitrogens with one attached hydrogen (secondary N) is 1. The third kappa shape index (κ3) is 4.98. The molecule has 1 N–H and O–H groups in total. The molecular weight excluding hydrogens is 428 g/mol. The van der Waals surface area contributed by atoms with Crippen LogP contribution in [-0.4, -0.2) is 89.4 Å². The number of carbonyl (C=O) groups is 1. The SMILES string of the molecule is Cc1nnnn1CCCN1C[C@@H]2NC(=O)c3ncccc3OCCn3cc(nn3)CO[C@H]2C1. The topological polar surface area (TPSA) is 138 Å². The number of aromatic nitrogens is 8. The van der Waals surface area contributed by atoms with Crippen molar-refractivity contribution in [3.63, 3.8) is 0 Å². The van der Waals surface area contributed by atoms with E-state index in [0.29, 0.717) is 38.6 Å². The number of tetrazole rings is 1. The summed E-state index contributed by atoms with van der Waals surface area (Å²) >= 11 is 0. The van der Waals surface area contributed by atoms with E-state index in [1.54, 1.807) is 27.7 Å². The maximum atomic E-state index is 13.1. The third-order valence-electron chi connectivity index (χ3n) is 5.81. The molecule has 13 nitrogen and oxygen atoms in total. The van der Waals surface area contributed by atoms with E-state index in [1.807, 2.05) is 13.1 Å². The molecular formula is C20H26N10O3. The summed E-state index contributed by atoms with van der Waals surface area (Å²) in [6.07, 6.45) is 4.13. The Labute approximate surface area is 190 Å². The zero-order chi connectivity index (χ0) is 22.6. The summed E-state index contributed by atoms with van der Waals surface area (Å²) in [5, 5.41) is 23.0. The Morgan fingerprint density at radius 3 is 3.03 bits per heavy atom. The van der Waals surface area contributed by atoms with Gasteiger partial charge in [0.05, 0.1) is 31.5 Å². The number of pyridine rings is 1. The average molecular weight is 454 g/mol. The molecule has 13 heteroatoms. The van der Waals surface area contributed by atoms with Crippen molar-refractivity contribution in [2.75, 3.05) is 26.2 Å². The van der Waals surface area contributed by atoms with Crippen LogP contribution in [0.25, 0.3) is 0 Å². The van der Waals surface area contributed by atoms with E-state index < -0.39 is 0 Å². The van der Waals surface area contributed by atoms with Crippen molar-refractivity contribution in [3.05, 3.63) is 41.7 Å². The molecule has 3 aromatic heterocycles. The molecule has 0 spiro atoms. The van der Waals surface area contributed by atoms with E-state index in [2.05, 4.69) is 41.0 Å². The van der Waals surface area contributed by atoms with Crippen LogP contribution in [0.3, 0.4) is 0 Å². The molecule has 0 aromatic carbocycles. The number of fused-ring (bicyclic) bond motifs is 4. The Morgan fingerprint density at radius 2 is 2.15 bits per heavy atom. The molecule has 33 heavy (non-hydrogen) atoms. The average Bonchev–Trinajstić information content (AvgIpc) is 3.53. The zero-order valence-corrected chi connectivity index (χ0v) is 18.4. The molecule has 174 valence electrons. The summed E-state index contributed by atoms with van der Waals surface area (Å²) in [7, 11) is 0. The van der Waals surface area contributed by atoms with Crippen molar-refractivity contribution < 1.29 is 14.3 Å².